The number of alkyl halides is 3. The van der Waals surface area contributed by atoms with Crippen LogP contribution in [0.2, 0.25) is 5.02 Å². The number of urea groups is 1. The van der Waals surface area contributed by atoms with Crippen molar-refractivity contribution in [1.29, 1.82) is 0 Å². The van der Waals surface area contributed by atoms with Crippen LogP contribution in [0.1, 0.15) is 49.8 Å². The zero-order valence-electron chi connectivity index (χ0n) is 25.0. The molecule has 10 nitrogen and oxygen atoms in total. The third-order valence-corrected chi connectivity index (χ3v) is 8.50. The van der Waals surface area contributed by atoms with Crippen LogP contribution in [-0.2, 0) is 42.9 Å². The van der Waals surface area contributed by atoms with Crippen molar-refractivity contribution in [3.8, 4) is 0 Å². The highest BCUT2D eigenvalue weighted by atomic mass is 35.5. The van der Waals surface area contributed by atoms with Gasteiger partial charge in [-0.05, 0) is 68.9 Å². The molecule has 45 heavy (non-hydrogen) atoms. The fourth-order valence-corrected chi connectivity index (χ4v) is 6.11. The lowest BCUT2D eigenvalue weighted by Gasteiger charge is -2.39. The Morgan fingerprint density at radius 1 is 1.02 bits per heavy atom. The fourth-order valence-electron chi connectivity index (χ4n) is 5.87. The molecule has 2 aromatic rings. The standard InChI is InChI=1S/C31H36ClF3N4O6/c1-3-44-27(41)30(28(42)45-4-2,17-19-15-22(31(33,34)35)26(36)23(32)16-19)18-25(40)38-12-10-21(11-13-38)39-14-9-20-7-5-6-8-24(20)37-29(39)43/h5-8,15-16,21H,3-4,9-14,17-18,36H2,1-2H3,(H,37,43). The topological polar surface area (TPSA) is 131 Å². The second-order valence-electron chi connectivity index (χ2n) is 11.1. The molecule has 2 aliphatic rings. The number of hydrogen-bond acceptors (Lipinski definition) is 7. The number of carbonyl (C=O) groups is 4. The van der Waals surface area contributed by atoms with E-state index in [1.165, 1.54) is 18.7 Å². The minimum absolute atomic E-state index is 0.151. The van der Waals surface area contributed by atoms with E-state index >= 15 is 0 Å². The van der Waals surface area contributed by atoms with Gasteiger partial charge in [0, 0.05) is 31.4 Å². The van der Waals surface area contributed by atoms with Crippen molar-refractivity contribution in [1.82, 2.24) is 9.80 Å². The van der Waals surface area contributed by atoms with Gasteiger partial charge >= 0.3 is 24.1 Å². The Labute approximate surface area is 263 Å². The van der Waals surface area contributed by atoms with E-state index in [1.54, 1.807) is 4.90 Å². The summed E-state index contributed by atoms with van der Waals surface area (Å²) in [5.41, 5.74) is 2.98. The summed E-state index contributed by atoms with van der Waals surface area (Å²) >= 11 is 6.02. The largest absolute Gasteiger partial charge is 0.465 e. The van der Waals surface area contributed by atoms with Crippen molar-refractivity contribution < 1.29 is 41.8 Å². The summed E-state index contributed by atoms with van der Waals surface area (Å²) in [4.78, 5) is 56.8. The first-order valence-corrected chi connectivity index (χ1v) is 15.1. The number of amides is 3. The molecule has 2 aromatic carbocycles. The molecule has 1 fully saturated rings. The number of halogens is 4. The van der Waals surface area contributed by atoms with Crippen LogP contribution in [0, 0.1) is 5.41 Å². The number of nitrogens with one attached hydrogen (secondary N) is 1. The highest BCUT2D eigenvalue weighted by Crippen LogP contribution is 2.40. The van der Waals surface area contributed by atoms with Gasteiger partial charge in [-0.3, -0.25) is 14.4 Å². The number of para-hydroxylation sites is 1. The number of fused-ring (bicyclic) bond motifs is 1. The molecule has 0 spiro atoms. The number of carbonyl (C=O) groups excluding carboxylic acids is 4. The Bertz CT molecular complexity index is 1430. The first-order valence-electron chi connectivity index (χ1n) is 14.7. The van der Waals surface area contributed by atoms with E-state index in [9.17, 15) is 32.3 Å². The summed E-state index contributed by atoms with van der Waals surface area (Å²) in [5, 5.41) is 2.52. The summed E-state index contributed by atoms with van der Waals surface area (Å²) in [6, 6.07) is 9.02. The maximum atomic E-state index is 13.7. The van der Waals surface area contributed by atoms with Gasteiger partial charge in [0.1, 0.15) is 0 Å². The first kappa shape index (κ1) is 33.9. The van der Waals surface area contributed by atoms with Crippen LogP contribution in [0.15, 0.2) is 36.4 Å². The number of hydrogen-bond donors (Lipinski definition) is 2. The molecule has 3 amide bonds. The van der Waals surface area contributed by atoms with Crippen LogP contribution >= 0.6 is 11.6 Å². The lowest BCUT2D eigenvalue weighted by atomic mass is 9.77. The van der Waals surface area contributed by atoms with Gasteiger partial charge in [0.2, 0.25) is 5.91 Å². The summed E-state index contributed by atoms with van der Waals surface area (Å²) in [7, 11) is 0. The van der Waals surface area contributed by atoms with Gasteiger partial charge in [-0.1, -0.05) is 29.8 Å². The Morgan fingerprint density at radius 2 is 1.64 bits per heavy atom. The van der Waals surface area contributed by atoms with Crippen LogP contribution in [0.25, 0.3) is 0 Å². The summed E-state index contributed by atoms with van der Waals surface area (Å²) < 4.78 is 51.6. The van der Waals surface area contributed by atoms with Crippen LogP contribution < -0.4 is 11.1 Å². The van der Waals surface area contributed by atoms with Crippen LogP contribution in [0.3, 0.4) is 0 Å². The van der Waals surface area contributed by atoms with E-state index in [4.69, 9.17) is 26.8 Å². The molecule has 0 atom stereocenters. The zero-order chi connectivity index (χ0) is 32.9. The maximum Gasteiger partial charge on any atom is 0.418 e. The van der Waals surface area contributed by atoms with Crippen molar-refractivity contribution in [2.24, 2.45) is 5.41 Å². The van der Waals surface area contributed by atoms with Gasteiger partial charge in [-0.25, -0.2) is 4.79 Å². The molecule has 244 valence electrons. The summed E-state index contributed by atoms with van der Waals surface area (Å²) in [5.74, 6) is -2.79. The first-order chi connectivity index (χ1) is 21.3. The smallest absolute Gasteiger partial charge is 0.418 e. The molecule has 0 aromatic heterocycles. The second-order valence-corrected chi connectivity index (χ2v) is 11.5. The normalized spacial score (nSPS) is 16.0. The van der Waals surface area contributed by atoms with Crippen LogP contribution in [0.5, 0.6) is 0 Å². The number of piperidine rings is 1. The molecule has 0 bridgehead atoms. The maximum absolute atomic E-state index is 13.7. The van der Waals surface area contributed by atoms with E-state index in [0.29, 0.717) is 31.9 Å². The van der Waals surface area contributed by atoms with Crippen molar-refractivity contribution in [3.05, 3.63) is 58.1 Å². The van der Waals surface area contributed by atoms with Gasteiger partial charge < -0.3 is 30.3 Å². The average molecular weight is 653 g/mol. The average Bonchev–Trinajstić information content (AvgIpc) is 3.16. The van der Waals surface area contributed by atoms with E-state index in [0.717, 1.165) is 17.3 Å². The minimum Gasteiger partial charge on any atom is -0.465 e. The van der Waals surface area contributed by atoms with Crippen LogP contribution in [0.4, 0.5) is 29.3 Å². The highest BCUT2D eigenvalue weighted by Gasteiger charge is 2.52. The molecule has 14 heteroatoms. The lowest BCUT2D eigenvalue weighted by Crippen LogP contribution is -2.52. The minimum atomic E-state index is -4.87. The number of ether oxygens (including phenoxy) is 2. The molecule has 0 radical (unpaired) electrons. The predicted octanol–water partition coefficient (Wildman–Crippen LogP) is 5.07. The van der Waals surface area contributed by atoms with Gasteiger partial charge in [0.05, 0.1) is 35.9 Å². The molecular weight excluding hydrogens is 617 g/mol. The quantitative estimate of drug-likeness (QED) is 0.220. The fraction of sp³-hybridized carbons (Fsp3) is 0.484. The van der Waals surface area contributed by atoms with Crippen molar-refractivity contribution in [3.63, 3.8) is 0 Å². The van der Waals surface area contributed by atoms with Gasteiger partial charge in [-0.2, -0.15) is 13.2 Å². The number of rotatable bonds is 9. The molecule has 4 rings (SSSR count). The van der Waals surface area contributed by atoms with Gasteiger partial charge in [0.15, 0.2) is 5.41 Å². The van der Waals surface area contributed by atoms with Crippen molar-refractivity contribution >= 4 is 46.9 Å². The second kappa shape index (κ2) is 14.0. The number of esters is 2. The van der Waals surface area contributed by atoms with E-state index in [1.807, 2.05) is 24.3 Å². The van der Waals surface area contributed by atoms with Gasteiger partial charge in [-0.15, -0.1) is 0 Å². The number of nitrogens with zero attached hydrogens (tertiary/aromatic N) is 2. The lowest BCUT2D eigenvalue weighted by molar-refractivity contribution is -0.175. The molecule has 0 saturated carbocycles. The number of nitrogens with two attached hydrogens (primary N) is 1. The zero-order valence-corrected chi connectivity index (χ0v) is 25.8. The predicted molar refractivity (Wildman–Crippen MR) is 160 cm³/mol. The number of nitrogen functional groups attached to an aromatic ring is 1. The molecule has 2 heterocycles. The number of likely N-dealkylation sites (tertiary alicyclic amines) is 1. The molecule has 0 unspecified atom stereocenters. The Balaban J connectivity index is 1.56. The van der Waals surface area contributed by atoms with Gasteiger partial charge in [0.25, 0.3) is 0 Å². The Kier molecular flexibility index (Phi) is 10.5. The Morgan fingerprint density at radius 3 is 2.24 bits per heavy atom. The van der Waals surface area contributed by atoms with E-state index < -0.39 is 58.6 Å². The molecule has 0 aliphatic carbocycles. The third kappa shape index (κ3) is 7.46. The molecule has 1 saturated heterocycles. The molecule has 3 N–H and O–H groups in total. The molecular formula is C31H36ClF3N4O6. The third-order valence-electron chi connectivity index (χ3n) is 8.19. The number of benzene rings is 2. The van der Waals surface area contributed by atoms with E-state index in [2.05, 4.69) is 5.32 Å². The summed E-state index contributed by atoms with van der Waals surface area (Å²) in [6.07, 6.45) is -4.66. The number of anilines is 2. The van der Waals surface area contributed by atoms with Crippen LogP contribution in [-0.4, -0.2) is 72.6 Å². The van der Waals surface area contributed by atoms with E-state index in [-0.39, 0.29) is 43.9 Å². The SMILES string of the molecule is CCOC(=O)C(CC(=O)N1CCC(N2CCc3ccccc3NC2=O)CC1)(Cc1cc(Cl)c(N)c(C(F)(F)F)c1)C(=O)OCC. The van der Waals surface area contributed by atoms with Crippen molar-refractivity contribution in [2.75, 3.05) is 43.9 Å². The monoisotopic (exact) mass is 652 g/mol. The van der Waals surface area contributed by atoms with Crippen molar-refractivity contribution in [2.45, 2.75) is 58.2 Å². The molecule has 2 aliphatic heterocycles. The highest BCUT2D eigenvalue weighted by molar-refractivity contribution is 6.33. The Hall–Kier alpha value is -4.00. The summed E-state index contributed by atoms with van der Waals surface area (Å²) in [6.45, 7) is 3.65.